The number of carbonyl (C=O) groups excluding carboxylic acids is 1. The van der Waals surface area contributed by atoms with Gasteiger partial charge >= 0.3 is 0 Å². The van der Waals surface area contributed by atoms with Gasteiger partial charge in [0.1, 0.15) is 11.5 Å². The summed E-state index contributed by atoms with van der Waals surface area (Å²) in [5, 5.41) is 2.96. The summed E-state index contributed by atoms with van der Waals surface area (Å²) in [5.74, 6) is -0.897. The smallest absolute Gasteiger partial charge is 0.281 e. The molecule has 21 heavy (non-hydrogen) atoms. The van der Waals surface area contributed by atoms with Crippen LogP contribution in [-0.4, -0.2) is 16.0 Å². The van der Waals surface area contributed by atoms with Gasteiger partial charge in [-0.15, -0.1) is 0 Å². The monoisotopic (exact) mass is 299 g/mol. The third-order valence-corrected chi connectivity index (χ3v) is 3.25. The standard InChI is InChI=1S/C15H10FN3OS/c16-11-5-1-2-6-13(11)19-14(20)12(18-15(19)21)8-10-4-3-7-17-9-10/h1-9H,(H,18,21)/b12-8+. The zero-order valence-electron chi connectivity index (χ0n) is 10.8. The van der Waals surface area contributed by atoms with Crippen LogP contribution >= 0.6 is 12.2 Å². The fourth-order valence-electron chi connectivity index (χ4n) is 2.01. The number of thiocarbonyl (C=S) groups is 1. The maximum absolute atomic E-state index is 13.8. The van der Waals surface area contributed by atoms with E-state index in [-0.39, 0.29) is 16.5 Å². The largest absolute Gasteiger partial charge is 0.327 e. The van der Waals surface area contributed by atoms with Crippen molar-refractivity contribution in [2.24, 2.45) is 0 Å². The molecule has 0 saturated carbocycles. The number of aromatic nitrogens is 1. The van der Waals surface area contributed by atoms with Crippen LogP contribution < -0.4 is 10.2 Å². The molecule has 3 rings (SSSR count). The van der Waals surface area contributed by atoms with Crippen LogP contribution in [0.15, 0.2) is 54.5 Å². The summed E-state index contributed by atoms with van der Waals surface area (Å²) in [7, 11) is 0. The van der Waals surface area contributed by atoms with Crippen molar-refractivity contribution in [3.8, 4) is 0 Å². The number of pyridine rings is 1. The van der Waals surface area contributed by atoms with E-state index in [0.717, 1.165) is 10.5 Å². The second-order valence-corrected chi connectivity index (χ2v) is 4.75. The highest BCUT2D eigenvalue weighted by molar-refractivity contribution is 7.80. The molecule has 1 saturated heterocycles. The van der Waals surface area contributed by atoms with Gasteiger partial charge in [0.05, 0.1) is 5.69 Å². The number of carbonyl (C=O) groups is 1. The van der Waals surface area contributed by atoms with Crippen molar-refractivity contribution < 1.29 is 9.18 Å². The van der Waals surface area contributed by atoms with E-state index in [2.05, 4.69) is 10.3 Å². The lowest BCUT2D eigenvalue weighted by Gasteiger charge is -2.14. The Kier molecular flexibility index (Phi) is 3.45. The fraction of sp³-hybridized carbons (Fsp3) is 0. The molecule has 0 bridgehead atoms. The zero-order chi connectivity index (χ0) is 14.8. The Bertz CT molecular complexity index is 746. The molecule has 1 N–H and O–H groups in total. The molecule has 2 aromatic rings. The van der Waals surface area contributed by atoms with E-state index in [0.29, 0.717) is 0 Å². The number of halogens is 1. The Labute approximate surface area is 125 Å². The number of anilines is 1. The summed E-state index contributed by atoms with van der Waals surface area (Å²) in [6.07, 6.45) is 4.89. The molecule has 1 aliphatic heterocycles. The number of hydrogen-bond acceptors (Lipinski definition) is 3. The minimum Gasteiger partial charge on any atom is -0.327 e. The highest BCUT2D eigenvalue weighted by Crippen LogP contribution is 2.24. The van der Waals surface area contributed by atoms with Gasteiger partial charge in [-0.3, -0.25) is 9.78 Å². The molecule has 0 unspecified atom stereocenters. The summed E-state index contributed by atoms with van der Waals surface area (Å²) in [4.78, 5) is 17.5. The van der Waals surface area contributed by atoms with Crippen molar-refractivity contribution in [3.63, 3.8) is 0 Å². The van der Waals surface area contributed by atoms with Gasteiger partial charge in [0.15, 0.2) is 5.11 Å². The Balaban J connectivity index is 1.97. The van der Waals surface area contributed by atoms with Crippen molar-refractivity contribution in [3.05, 3.63) is 65.9 Å². The Morgan fingerprint density at radius 3 is 2.76 bits per heavy atom. The molecule has 0 spiro atoms. The number of para-hydroxylation sites is 1. The number of nitrogens with zero attached hydrogens (tertiary/aromatic N) is 2. The lowest BCUT2D eigenvalue weighted by atomic mass is 10.2. The molecule has 104 valence electrons. The minimum absolute atomic E-state index is 0.134. The number of hydrogen-bond donors (Lipinski definition) is 1. The number of rotatable bonds is 2. The van der Waals surface area contributed by atoms with E-state index in [1.165, 1.54) is 12.1 Å². The van der Waals surface area contributed by atoms with Gasteiger partial charge in [-0.2, -0.15) is 0 Å². The van der Waals surface area contributed by atoms with Gasteiger partial charge in [-0.25, -0.2) is 9.29 Å². The van der Waals surface area contributed by atoms with Crippen LogP contribution in [0.1, 0.15) is 5.56 Å². The van der Waals surface area contributed by atoms with E-state index in [1.54, 1.807) is 36.7 Å². The Morgan fingerprint density at radius 2 is 2.05 bits per heavy atom. The lowest BCUT2D eigenvalue weighted by Crippen LogP contribution is -2.31. The molecule has 6 heteroatoms. The zero-order valence-corrected chi connectivity index (χ0v) is 11.6. The molecule has 2 heterocycles. The van der Waals surface area contributed by atoms with E-state index >= 15 is 0 Å². The molecular weight excluding hydrogens is 289 g/mol. The topological polar surface area (TPSA) is 45.2 Å². The molecule has 0 radical (unpaired) electrons. The first-order valence-electron chi connectivity index (χ1n) is 6.18. The molecule has 1 aromatic heterocycles. The molecule has 1 aliphatic rings. The summed E-state index contributed by atoms with van der Waals surface area (Å²) in [6.45, 7) is 0. The maximum Gasteiger partial charge on any atom is 0.281 e. The number of nitrogens with one attached hydrogen (secondary N) is 1. The van der Waals surface area contributed by atoms with Gasteiger partial charge in [-0.05, 0) is 42.1 Å². The molecule has 0 atom stereocenters. The van der Waals surface area contributed by atoms with Crippen molar-refractivity contribution >= 4 is 35.0 Å². The predicted octanol–water partition coefficient (Wildman–Crippen LogP) is 2.48. The second kappa shape index (κ2) is 5.41. The van der Waals surface area contributed by atoms with Crippen molar-refractivity contribution in [2.75, 3.05) is 4.90 Å². The normalized spacial score (nSPS) is 16.4. The summed E-state index contributed by atoms with van der Waals surface area (Å²) >= 11 is 5.12. The van der Waals surface area contributed by atoms with Gasteiger partial charge in [0.25, 0.3) is 5.91 Å². The van der Waals surface area contributed by atoms with E-state index in [4.69, 9.17) is 12.2 Å². The van der Waals surface area contributed by atoms with Crippen LogP contribution in [0.3, 0.4) is 0 Å². The molecule has 1 amide bonds. The molecule has 0 aliphatic carbocycles. The average molecular weight is 299 g/mol. The first-order chi connectivity index (χ1) is 10.2. The van der Waals surface area contributed by atoms with Crippen LogP contribution in [0, 0.1) is 5.82 Å². The van der Waals surface area contributed by atoms with E-state index in [9.17, 15) is 9.18 Å². The molecule has 4 nitrogen and oxygen atoms in total. The van der Waals surface area contributed by atoms with Crippen LogP contribution in [-0.2, 0) is 4.79 Å². The Hall–Kier alpha value is -2.60. The number of amides is 1. The van der Waals surface area contributed by atoms with Crippen LogP contribution in [0.4, 0.5) is 10.1 Å². The van der Waals surface area contributed by atoms with Gasteiger partial charge in [-0.1, -0.05) is 18.2 Å². The Morgan fingerprint density at radius 1 is 1.24 bits per heavy atom. The third kappa shape index (κ3) is 2.53. The highest BCUT2D eigenvalue weighted by Gasteiger charge is 2.33. The summed E-state index contributed by atoms with van der Waals surface area (Å²) in [6, 6.07) is 9.57. The SMILES string of the molecule is O=C1/C(=C\c2cccnc2)NC(=S)N1c1ccccc1F. The van der Waals surface area contributed by atoms with Crippen LogP contribution in [0.5, 0.6) is 0 Å². The lowest BCUT2D eigenvalue weighted by molar-refractivity contribution is -0.113. The van der Waals surface area contributed by atoms with Crippen LogP contribution in [0.2, 0.25) is 0 Å². The molecular formula is C15H10FN3OS. The average Bonchev–Trinajstić information content (AvgIpc) is 2.76. The predicted molar refractivity (Wildman–Crippen MR) is 81.8 cm³/mol. The van der Waals surface area contributed by atoms with Gasteiger partial charge < -0.3 is 5.32 Å². The molecule has 1 aromatic carbocycles. The van der Waals surface area contributed by atoms with Crippen molar-refractivity contribution in [1.29, 1.82) is 0 Å². The highest BCUT2D eigenvalue weighted by atomic mass is 32.1. The summed E-state index contributed by atoms with van der Waals surface area (Å²) < 4.78 is 13.8. The van der Waals surface area contributed by atoms with Gasteiger partial charge in [0, 0.05) is 12.4 Å². The quantitative estimate of drug-likeness (QED) is 0.683. The first-order valence-corrected chi connectivity index (χ1v) is 6.59. The van der Waals surface area contributed by atoms with E-state index < -0.39 is 11.7 Å². The minimum atomic E-state index is -0.502. The van der Waals surface area contributed by atoms with E-state index in [1.807, 2.05) is 6.07 Å². The van der Waals surface area contributed by atoms with Crippen molar-refractivity contribution in [1.82, 2.24) is 10.3 Å². The van der Waals surface area contributed by atoms with Crippen LogP contribution in [0.25, 0.3) is 6.08 Å². The fourth-order valence-corrected chi connectivity index (χ4v) is 2.31. The van der Waals surface area contributed by atoms with Crippen molar-refractivity contribution in [2.45, 2.75) is 0 Å². The van der Waals surface area contributed by atoms with Gasteiger partial charge in [0.2, 0.25) is 0 Å². The third-order valence-electron chi connectivity index (χ3n) is 2.97. The maximum atomic E-state index is 13.8. The summed E-state index contributed by atoms with van der Waals surface area (Å²) in [5.41, 5.74) is 1.18. The number of benzene rings is 1. The second-order valence-electron chi connectivity index (χ2n) is 4.37. The molecule has 1 fully saturated rings. The first kappa shape index (κ1) is 13.4.